The average Bonchev–Trinajstić information content (AvgIpc) is 2.65. The second-order valence-corrected chi connectivity index (χ2v) is 6.60. The van der Waals surface area contributed by atoms with Gasteiger partial charge in [-0.1, -0.05) is 28.1 Å². The van der Waals surface area contributed by atoms with Crippen LogP contribution in [0, 0.1) is 0 Å². The predicted molar refractivity (Wildman–Crippen MR) is 103 cm³/mol. The van der Waals surface area contributed by atoms with Gasteiger partial charge in [-0.2, -0.15) is 0 Å². The first-order chi connectivity index (χ1) is 12.6. The Morgan fingerprint density at radius 2 is 1.92 bits per heavy atom. The van der Waals surface area contributed by atoms with E-state index in [4.69, 9.17) is 4.74 Å². The lowest BCUT2D eigenvalue weighted by Crippen LogP contribution is -2.35. The van der Waals surface area contributed by atoms with Crippen molar-refractivity contribution in [3.8, 4) is 5.75 Å². The van der Waals surface area contributed by atoms with Crippen molar-refractivity contribution in [2.24, 2.45) is 0 Å². The molecule has 0 aliphatic heterocycles. The van der Waals surface area contributed by atoms with E-state index in [1.54, 1.807) is 35.2 Å². The molecule has 26 heavy (non-hydrogen) atoms. The summed E-state index contributed by atoms with van der Waals surface area (Å²) in [5.74, 6) is 0.897. The second kappa shape index (κ2) is 8.14. The Labute approximate surface area is 158 Å². The first-order valence-electron chi connectivity index (χ1n) is 8.21. The molecule has 3 aromatic rings. The molecule has 0 atom stereocenters. The van der Waals surface area contributed by atoms with E-state index in [-0.39, 0.29) is 24.6 Å². The molecular formula is C19H18BrN3O3. The lowest BCUT2D eigenvalue weighted by molar-refractivity contribution is -0.133. The van der Waals surface area contributed by atoms with E-state index in [9.17, 15) is 9.59 Å². The number of likely N-dealkylation sites (N-methyl/N-ethyl adjacent to an activating group) is 1. The minimum atomic E-state index is -0.208. The van der Waals surface area contributed by atoms with Gasteiger partial charge in [0.15, 0.2) is 6.61 Å². The zero-order chi connectivity index (χ0) is 18.5. The number of rotatable bonds is 6. The van der Waals surface area contributed by atoms with Crippen LogP contribution in [-0.2, 0) is 11.3 Å². The Hall–Kier alpha value is -2.67. The highest BCUT2D eigenvalue weighted by Gasteiger charge is 2.15. The van der Waals surface area contributed by atoms with Crippen LogP contribution in [0.4, 0.5) is 0 Å². The van der Waals surface area contributed by atoms with Crippen LogP contribution in [0.15, 0.2) is 57.8 Å². The summed E-state index contributed by atoms with van der Waals surface area (Å²) < 4.78 is 6.48. The van der Waals surface area contributed by atoms with Crippen molar-refractivity contribution < 1.29 is 9.53 Å². The quantitative estimate of drug-likeness (QED) is 0.670. The largest absolute Gasteiger partial charge is 0.484 e. The Morgan fingerprint density at radius 3 is 2.65 bits per heavy atom. The van der Waals surface area contributed by atoms with E-state index in [0.29, 0.717) is 29.0 Å². The molecule has 0 fully saturated rings. The highest BCUT2D eigenvalue weighted by molar-refractivity contribution is 9.10. The molecule has 7 heteroatoms. The molecule has 0 radical (unpaired) electrons. The van der Waals surface area contributed by atoms with Crippen LogP contribution in [0.2, 0.25) is 0 Å². The van der Waals surface area contributed by atoms with Crippen molar-refractivity contribution in [2.45, 2.75) is 13.5 Å². The number of hydrogen-bond donors (Lipinski definition) is 1. The topological polar surface area (TPSA) is 75.3 Å². The van der Waals surface area contributed by atoms with Crippen molar-refractivity contribution >= 4 is 32.7 Å². The summed E-state index contributed by atoms with van der Waals surface area (Å²) in [4.78, 5) is 33.4. The van der Waals surface area contributed by atoms with Gasteiger partial charge in [0.25, 0.3) is 11.5 Å². The van der Waals surface area contributed by atoms with Gasteiger partial charge in [0.05, 0.1) is 17.4 Å². The van der Waals surface area contributed by atoms with Crippen LogP contribution in [-0.4, -0.2) is 33.9 Å². The van der Waals surface area contributed by atoms with Crippen molar-refractivity contribution in [2.75, 3.05) is 13.2 Å². The molecule has 0 spiro atoms. The maximum absolute atomic E-state index is 12.4. The minimum Gasteiger partial charge on any atom is -0.484 e. The molecule has 1 amide bonds. The first-order valence-corrected chi connectivity index (χ1v) is 9.00. The summed E-state index contributed by atoms with van der Waals surface area (Å²) in [6.45, 7) is 2.50. The number of aromatic nitrogens is 2. The summed E-state index contributed by atoms with van der Waals surface area (Å²) in [5, 5.41) is 0.532. The molecule has 1 N–H and O–H groups in total. The van der Waals surface area contributed by atoms with Gasteiger partial charge in [0.1, 0.15) is 11.6 Å². The molecule has 134 valence electrons. The van der Waals surface area contributed by atoms with Crippen LogP contribution >= 0.6 is 15.9 Å². The number of para-hydroxylation sites is 1. The standard InChI is InChI=1S/C19H18BrN3O3/c1-2-23(18(24)12-26-14-9-7-13(20)8-10-14)11-17-21-16-6-4-3-5-15(16)19(25)22-17/h3-10H,2,11-12H2,1H3,(H,21,22,25). The molecular weight excluding hydrogens is 398 g/mol. The van der Waals surface area contributed by atoms with E-state index >= 15 is 0 Å². The van der Waals surface area contributed by atoms with Gasteiger partial charge in [-0.15, -0.1) is 0 Å². The summed E-state index contributed by atoms with van der Waals surface area (Å²) in [5.41, 5.74) is 0.404. The second-order valence-electron chi connectivity index (χ2n) is 5.68. The molecule has 0 aliphatic rings. The zero-order valence-electron chi connectivity index (χ0n) is 14.2. The molecule has 3 rings (SSSR count). The number of hydrogen-bond acceptors (Lipinski definition) is 4. The van der Waals surface area contributed by atoms with Crippen LogP contribution in [0.1, 0.15) is 12.7 Å². The summed E-state index contributed by atoms with van der Waals surface area (Å²) in [6, 6.07) is 14.4. The molecule has 0 saturated carbocycles. The number of ether oxygens (including phenoxy) is 1. The Balaban J connectivity index is 1.69. The highest BCUT2D eigenvalue weighted by atomic mass is 79.9. The Morgan fingerprint density at radius 1 is 1.19 bits per heavy atom. The highest BCUT2D eigenvalue weighted by Crippen LogP contribution is 2.16. The van der Waals surface area contributed by atoms with Crippen molar-refractivity contribution in [1.82, 2.24) is 14.9 Å². The van der Waals surface area contributed by atoms with E-state index in [1.165, 1.54) is 0 Å². The van der Waals surface area contributed by atoms with E-state index in [0.717, 1.165) is 4.47 Å². The molecule has 0 aliphatic carbocycles. The van der Waals surface area contributed by atoms with Crippen molar-refractivity contribution in [3.63, 3.8) is 0 Å². The van der Waals surface area contributed by atoms with Crippen LogP contribution in [0.3, 0.4) is 0 Å². The molecule has 0 bridgehead atoms. The maximum Gasteiger partial charge on any atom is 0.260 e. The number of amides is 1. The number of nitrogens with zero attached hydrogens (tertiary/aromatic N) is 2. The predicted octanol–water partition coefficient (Wildman–Crippen LogP) is 3.11. The lowest BCUT2D eigenvalue weighted by Gasteiger charge is -2.20. The number of halogens is 1. The maximum atomic E-state index is 12.4. The number of benzene rings is 2. The summed E-state index contributed by atoms with van der Waals surface area (Å²) in [6.07, 6.45) is 0. The van der Waals surface area contributed by atoms with Crippen LogP contribution < -0.4 is 10.3 Å². The fraction of sp³-hybridized carbons (Fsp3) is 0.211. The van der Waals surface area contributed by atoms with E-state index in [1.807, 2.05) is 25.1 Å². The average molecular weight is 416 g/mol. The van der Waals surface area contributed by atoms with Gasteiger partial charge in [0, 0.05) is 11.0 Å². The number of nitrogens with one attached hydrogen (secondary N) is 1. The van der Waals surface area contributed by atoms with Gasteiger partial charge in [-0.25, -0.2) is 4.98 Å². The first kappa shape index (κ1) is 18.1. The van der Waals surface area contributed by atoms with Crippen LogP contribution in [0.25, 0.3) is 10.9 Å². The number of H-pyrrole nitrogens is 1. The number of carbonyl (C=O) groups is 1. The summed E-state index contributed by atoms with van der Waals surface area (Å²) in [7, 11) is 0. The monoisotopic (exact) mass is 415 g/mol. The Kier molecular flexibility index (Phi) is 5.68. The summed E-state index contributed by atoms with van der Waals surface area (Å²) >= 11 is 3.35. The van der Waals surface area contributed by atoms with Gasteiger partial charge in [-0.3, -0.25) is 9.59 Å². The SMILES string of the molecule is CCN(Cc1nc2ccccc2c(=O)[nH]1)C(=O)COc1ccc(Br)cc1. The molecule has 6 nitrogen and oxygen atoms in total. The van der Waals surface area contributed by atoms with Crippen molar-refractivity contribution in [3.05, 3.63) is 69.2 Å². The van der Waals surface area contributed by atoms with Gasteiger partial charge in [-0.05, 0) is 43.3 Å². The van der Waals surface area contributed by atoms with E-state index in [2.05, 4.69) is 25.9 Å². The fourth-order valence-corrected chi connectivity index (χ4v) is 2.80. The third-order valence-corrected chi connectivity index (χ3v) is 4.44. The Bertz CT molecular complexity index is 970. The van der Waals surface area contributed by atoms with Crippen molar-refractivity contribution in [1.29, 1.82) is 0 Å². The van der Waals surface area contributed by atoms with E-state index < -0.39 is 0 Å². The smallest absolute Gasteiger partial charge is 0.260 e. The molecule has 0 saturated heterocycles. The lowest BCUT2D eigenvalue weighted by atomic mass is 10.2. The van der Waals surface area contributed by atoms with Gasteiger partial charge in [0.2, 0.25) is 0 Å². The third kappa shape index (κ3) is 4.29. The fourth-order valence-electron chi connectivity index (χ4n) is 2.53. The van der Waals surface area contributed by atoms with Gasteiger partial charge < -0.3 is 14.6 Å². The molecule has 1 aromatic heterocycles. The van der Waals surface area contributed by atoms with Crippen LogP contribution in [0.5, 0.6) is 5.75 Å². The number of fused-ring (bicyclic) bond motifs is 1. The third-order valence-electron chi connectivity index (χ3n) is 3.91. The normalized spacial score (nSPS) is 10.7. The molecule has 1 heterocycles. The zero-order valence-corrected chi connectivity index (χ0v) is 15.8. The number of carbonyl (C=O) groups excluding carboxylic acids is 1. The molecule has 2 aromatic carbocycles. The van der Waals surface area contributed by atoms with Gasteiger partial charge >= 0.3 is 0 Å². The minimum absolute atomic E-state index is 0.0761. The number of aromatic amines is 1. The molecule has 0 unspecified atom stereocenters.